The summed E-state index contributed by atoms with van der Waals surface area (Å²) in [5, 5.41) is 4.23. The lowest BCUT2D eigenvalue weighted by molar-refractivity contribution is -0.124. The zero-order valence-electron chi connectivity index (χ0n) is 14.7. The summed E-state index contributed by atoms with van der Waals surface area (Å²) >= 11 is 0. The Labute approximate surface area is 156 Å². The van der Waals surface area contributed by atoms with E-state index in [1.165, 1.54) is 12.3 Å². The Morgan fingerprint density at radius 3 is 2.07 bits per heavy atom. The van der Waals surface area contributed by atoms with Gasteiger partial charge in [0, 0.05) is 11.1 Å². The zero-order valence-corrected chi connectivity index (χ0v) is 14.7. The summed E-state index contributed by atoms with van der Waals surface area (Å²) in [6.07, 6.45) is 1.39. The first-order valence-electron chi connectivity index (χ1n) is 8.34. The number of ether oxygens (including phenoxy) is 1. The fraction of sp³-hybridized carbons (Fsp3) is 0.0952. The largest absolute Gasteiger partial charge is 0.469 e. The third kappa shape index (κ3) is 4.70. The number of furan rings is 1. The highest BCUT2D eigenvalue weighted by atomic mass is 16.5. The van der Waals surface area contributed by atoms with Gasteiger partial charge in [0.15, 0.2) is 6.61 Å². The lowest BCUT2D eigenvalue weighted by Gasteiger charge is -2.08. The van der Waals surface area contributed by atoms with Crippen LogP contribution in [-0.4, -0.2) is 24.2 Å². The van der Waals surface area contributed by atoms with Gasteiger partial charge in [-0.3, -0.25) is 4.79 Å². The molecule has 1 amide bonds. The van der Waals surface area contributed by atoms with Crippen molar-refractivity contribution in [3.63, 3.8) is 0 Å². The number of benzene rings is 2. The molecule has 2 aromatic carbocycles. The molecule has 0 bridgehead atoms. The molecule has 6 heteroatoms. The summed E-state index contributed by atoms with van der Waals surface area (Å²) in [5.41, 5.74) is 5.06. The molecule has 0 unspecified atom stereocenters. The molecule has 27 heavy (non-hydrogen) atoms. The van der Waals surface area contributed by atoms with Crippen LogP contribution in [0.15, 0.2) is 82.5 Å². The van der Waals surface area contributed by atoms with Crippen molar-refractivity contribution >= 4 is 17.6 Å². The van der Waals surface area contributed by atoms with Crippen LogP contribution in [0.3, 0.4) is 0 Å². The van der Waals surface area contributed by atoms with Gasteiger partial charge < -0.3 is 9.15 Å². The maximum Gasteiger partial charge on any atom is 0.342 e. The molecule has 0 fully saturated rings. The number of nitrogens with one attached hydrogen (secondary N) is 1. The van der Waals surface area contributed by atoms with E-state index in [4.69, 9.17) is 9.15 Å². The fourth-order valence-electron chi connectivity index (χ4n) is 2.44. The number of carbonyl (C=O) groups is 2. The number of esters is 1. The van der Waals surface area contributed by atoms with Crippen molar-refractivity contribution in [3.8, 4) is 0 Å². The maximum atomic E-state index is 12.1. The number of aryl methyl sites for hydroxylation is 1. The van der Waals surface area contributed by atoms with E-state index < -0.39 is 18.5 Å². The smallest absolute Gasteiger partial charge is 0.342 e. The van der Waals surface area contributed by atoms with E-state index in [2.05, 4.69) is 10.5 Å². The molecule has 0 aliphatic heterocycles. The maximum absolute atomic E-state index is 12.1. The third-order valence-electron chi connectivity index (χ3n) is 3.80. The second kappa shape index (κ2) is 8.62. The molecular formula is C21H18N2O4. The Kier molecular flexibility index (Phi) is 5.79. The van der Waals surface area contributed by atoms with E-state index in [1.807, 2.05) is 60.7 Å². The quantitative estimate of drug-likeness (QED) is 0.414. The average molecular weight is 362 g/mol. The Balaban J connectivity index is 1.68. The molecule has 6 nitrogen and oxygen atoms in total. The van der Waals surface area contributed by atoms with Gasteiger partial charge in [-0.2, -0.15) is 5.10 Å². The van der Waals surface area contributed by atoms with E-state index in [1.54, 1.807) is 6.92 Å². The summed E-state index contributed by atoms with van der Waals surface area (Å²) in [7, 11) is 0. The highest BCUT2D eigenvalue weighted by molar-refractivity contribution is 6.13. The topological polar surface area (TPSA) is 80.9 Å². The standard InChI is InChI=1S/C21H18N2O4/c1-15-18(12-13-26-15)21(25)27-14-19(24)22-23-20(16-8-4-2-5-9-16)17-10-6-3-7-11-17/h2-13H,14H2,1H3,(H,22,24). The monoisotopic (exact) mass is 362 g/mol. The minimum atomic E-state index is -0.619. The minimum absolute atomic E-state index is 0.292. The van der Waals surface area contributed by atoms with Gasteiger partial charge in [-0.15, -0.1) is 0 Å². The van der Waals surface area contributed by atoms with Crippen molar-refractivity contribution in [1.82, 2.24) is 5.43 Å². The number of rotatable bonds is 6. The van der Waals surface area contributed by atoms with Crippen LogP contribution in [0, 0.1) is 6.92 Å². The van der Waals surface area contributed by atoms with Gasteiger partial charge in [0.1, 0.15) is 11.3 Å². The van der Waals surface area contributed by atoms with E-state index in [0.29, 0.717) is 17.0 Å². The van der Waals surface area contributed by atoms with Crippen LogP contribution in [0.5, 0.6) is 0 Å². The van der Waals surface area contributed by atoms with Gasteiger partial charge in [-0.25, -0.2) is 10.2 Å². The zero-order chi connectivity index (χ0) is 19.1. The molecule has 0 saturated carbocycles. The van der Waals surface area contributed by atoms with Crippen LogP contribution in [0.1, 0.15) is 27.2 Å². The Morgan fingerprint density at radius 1 is 0.963 bits per heavy atom. The van der Waals surface area contributed by atoms with E-state index in [0.717, 1.165) is 11.1 Å². The lowest BCUT2D eigenvalue weighted by atomic mass is 10.0. The molecule has 0 radical (unpaired) electrons. The fourth-order valence-corrected chi connectivity index (χ4v) is 2.44. The number of hydrazone groups is 1. The molecular weight excluding hydrogens is 344 g/mol. The summed E-state index contributed by atoms with van der Waals surface area (Å²) in [4.78, 5) is 24.0. The number of nitrogens with zero attached hydrogens (tertiary/aromatic N) is 1. The van der Waals surface area contributed by atoms with Gasteiger partial charge in [0.25, 0.3) is 5.91 Å². The van der Waals surface area contributed by atoms with Crippen molar-refractivity contribution in [2.75, 3.05) is 6.61 Å². The molecule has 136 valence electrons. The molecule has 0 saturated heterocycles. The number of carbonyl (C=O) groups excluding carboxylic acids is 2. The SMILES string of the molecule is Cc1occc1C(=O)OCC(=O)NN=C(c1ccccc1)c1ccccc1. The molecule has 1 N–H and O–H groups in total. The Morgan fingerprint density at radius 2 is 1.56 bits per heavy atom. The van der Waals surface area contributed by atoms with Crippen LogP contribution < -0.4 is 5.43 Å². The van der Waals surface area contributed by atoms with Crippen LogP contribution in [0.4, 0.5) is 0 Å². The van der Waals surface area contributed by atoms with Crippen molar-refractivity contribution in [1.29, 1.82) is 0 Å². The predicted molar refractivity (Wildman–Crippen MR) is 100 cm³/mol. The summed E-state index contributed by atoms with van der Waals surface area (Å²) in [6, 6.07) is 20.5. The summed E-state index contributed by atoms with van der Waals surface area (Å²) < 4.78 is 10.0. The first-order valence-corrected chi connectivity index (χ1v) is 8.34. The predicted octanol–water partition coefficient (Wildman–Crippen LogP) is 3.31. The molecule has 3 rings (SSSR count). The van der Waals surface area contributed by atoms with Gasteiger partial charge in [0.2, 0.25) is 0 Å². The summed E-state index contributed by atoms with van der Waals surface area (Å²) in [5.74, 6) is -0.713. The molecule has 3 aromatic rings. The molecule has 0 aliphatic carbocycles. The molecule has 1 aromatic heterocycles. The van der Waals surface area contributed by atoms with Crippen molar-refractivity contribution in [3.05, 3.63) is 95.4 Å². The Hall–Kier alpha value is -3.67. The highest BCUT2D eigenvalue weighted by Gasteiger charge is 2.15. The second-order valence-corrected chi connectivity index (χ2v) is 5.69. The lowest BCUT2D eigenvalue weighted by Crippen LogP contribution is -2.26. The van der Waals surface area contributed by atoms with Crippen LogP contribution in [0.25, 0.3) is 0 Å². The summed E-state index contributed by atoms with van der Waals surface area (Å²) in [6.45, 7) is 1.21. The number of hydrogen-bond acceptors (Lipinski definition) is 5. The molecule has 1 heterocycles. The van der Waals surface area contributed by atoms with E-state index >= 15 is 0 Å². The normalized spacial score (nSPS) is 10.1. The van der Waals surface area contributed by atoms with E-state index in [9.17, 15) is 9.59 Å². The Bertz CT molecular complexity index is 905. The average Bonchev–Trinajstić information content (AvgIpc) is 3.14. The van der Waals surface area contributed by atoms with Gasteiger partial charge in [0.05, 0.1) is 12.0 Å². The molecule has 0 spiro atoms. The number of amides is 1. The van der Waals surface area contributed by atoms with Crippen molar-refractivity contribution < 1.29 is 18.7 Å². The van der Waals surface area contributed by atoms with Crippen LogP contribution in [0.2, 0.25) is 0 Å². The van der Waals surface area contributed by atoms with Crippen LogP contribution >= 0.6 is 0 Å². The van der Waals surface area contributed by atoms with Crippen molar-refractivity contribution in [2.24, 2.45) is 5.10 Å². The molecule has 0 aliphatic rings. The van der Waals surface area contributed by atoms with Crippen LogP contribution in [-0.2, 0) is 9.53 Å². The van der Waals surface area contributed by atoms with Gasteiger partial charge >= 0.3 is 5.97 Å². The first kappa shape index (κ1) is 18.1. The van der Waals surface area contributed by atoms with Gasteiger partial charge in [-0.1, -0.05) is 60.7 Å². The van der Waals surface area contributed by atoms with Gasteiger partial charge in [-0.05, 0) is 13.0 Å². The first-order chi connectivity index (χ1) is 13.1. The highest BCUT2D eigenvalue weighted by Crippen LogP contribution is 2.11. The minimum Gasteiger partial charge on any atom is -0.469 e. The van der Waals surface area contributed by atoms with Crippen molar-refractivity contribution in [2.45, 2.75) is 6.92 Å². The second-order valence-electron chi connectivity index (χ2n) is 5.69. The third-order valence-corrected chi connectivity index (χ3v) is 3.80. The van der Waals surface area contributed by atoms with E-state index in [-0.39, 0.29) is 0 Å². The molecule has 0 atom stereocenters. The number of hydrogen-bond donors (Lipinski definition) is 1.